The number of halogens is 1. The lowest BCUT2D eigenvalue weighted by molar-refractivity contribution is -0.184. The number of aliphatic hydroxyl groups is 1. The van der Waals surface area contributed by atoms with Gasteiger partial charge >= 0.3 is 6.09 Å². The van der Waals surface area contributed by atoms with Crippen LogP contribution in [0.3, 0.4) is 0 Å². The molecule has 194 valence electrons. The van der Waals surface area contributed by atoms with Crippen molar-refractivity contribution in [2.24, 2.45) is 5.41 Å². The summed E-state index contributed by atoms with van der Waals surface area (Å²) in [6.07, 6.45) is 5.20. The second-order valence-electron chi connectivity index (χ2n) is 10.1. The summed E-state index contributed by atoms with van der Waals surface area (Å²) in [5.41, 5.74) is 2.57. The van der Waals surface area contributed by atoms with Crippen LogP contribution < -0.4 is 15.3 Å². The van der Waals surface area contributed by atoms with Crippen molar-refractivity contribution in [1.29, 1.82) is 0 Å². The smallest absolute Gasteiger partial charge is 0.410 e. The van der Waals surface area contributed by atoms with E-state index in [0.717, 1.165) is 34.7 Å². The topological polar surface area (TPSA) is 93.3 Å². The first-order valence-electron chi connectivity index (χ1n) is 12.4. The molecule has 1 aromatic heterocycles. The third-order valence-corrected chi connectivity index (χ3v) is 7.23. The number of amides is 1. The molecule has 2 aliphatic heterocycles. The number of carbonyl (C=O) groups excluding carboxylic acids is 1. The molecule has 2 aromatic rings. The predicted molar refractivity (Wildman–Crippen MR) is 135 cm³/mol. The normalized spacial score (nSPS) is 22.8. The molecule has 1 fully saturated rings. The van der Waals surface area contributed by atoms with E-state index in [0.29, 0.717) is 25.5 Å². The lowest BCUT2D eigenvalue weighted by atomic mass is 9.91. The molecule has 2 N–H and O–H groups in total. The summed E-state index contributed by atoms with van der Waals surface area (Å²) in [7, 11) is 0. The number of alkyl halides is 1. The van der Waals surface area contributed by atoms with Gasteiger partial charge in [-0.1, -0.05) is 24.3 Å². The van der Waals surface area contributed by atoms with Crippen LogP contribution in [0, 0.1) is 5.41 Å². The van der Waals surface area contributed by atoms with Crippen LogP contribution in [0.5, 0.6) is 5.75 Å². The van der Waals surface area contributed by atoms with Crippen molar-refractivity contribution in [3.63, 3.8) is 0 Å². The molecule has 1 aromatic carbocycles. The van der Waals surface area contributed by atoms with Gasteiger partial charge in [0.2, 0.25) is 0 Å². The van der Waals surface area contributed by atoms with Crippen LogP contribution in [0.25, 0.3) is 12.2 Å². The number of aromatic amines is 1. The van der Waals surface area contributed by atoms with E-state index in [9.17, 15) is 9.90 Å². The number of carbonyl (C=O) groups is 1. The van der Waals surface area contributed by atoms with Crippen LogP contribution in [0.1, 0.15) is 43.1 Å². The minimum atomic E-state index is -0.580. The molecule has 0 radical (unpaired) electrons. The van der Waals surface area contributed by atoms with Gasteiger partial charge in [0.15, 0.2) is 0 Å². The van der Waals surface area contributed by atoms with Crippen molar-refractivity contribution in [3.05, 3.63) is 51.7 Å². The molecule has 5 rings (SSSR count). The Morgan fingerprint density at radius 3 is 2.72 bits per heavy atom. The summed E-state index contributed by atoms with van der Waals surface area (Å²) in [6, 6.07) is 7.41. The summed E-state index contributed by atoms with van der Waals surface area (Å²) in [6.45, 7) is 5.45. The molecular formula is C27H33ClN2O6. The number of rotatable bonds is 6. The average molecular weight is 517 g/mol. The SMILES string of the molecule is CC(C)OC(=O)N1CCc2c([nH]c3c2=CC(Cl)CC=3)[C@@H]1c1ccc(OCC2(CO)COCOC2)cc1. The van der Waals surface area contributed by atoms with E-state index < -0.39 is 5.41 Å². The minimum absolute atomic E-state index is 0.0293. The number of nitrogens with zero attached hydrogens (tertiary/aromatic N) is 1. The number of hydrogen-bond donors (Lipinski definition) is 2. The molecule has 8 nitrogen and oxygen atoms in total. The molecule has 9 heteroatoms. The van der Waals surface area contributed by atoms with E-state index in [1.165, 1.54) is 5.56 Å². The van der Waals surface area contributed by atoms with E-state index in [2.05, 4.69) is 17.1 Å². The van der Waals surface area contributed by atoms with Crippen LogP contribution in [0.4, 0.5) is 4.79 Å². The molecule has 0 spiro atoms. The fourth-order valence-corrected chi connectivity index (χ4v) is 5.29. The van der Waals surface area contributed by atoms with Gasteiger partial charge in [-0.15, -0.1) is 11.6 Å². The Labute approximate surface area is 215 Å². The maximum atomic E-state index is 13.1. The highest BCUT2D eigenvalue weighted by Crippen LogP contribution is 2.34. The zero-order valence-corrected chi connectivity index (χ0v) is 21.4. The number of ether oxygens (including phenoxy) is 4. The Hall–Kier alpha value is -2.52. The van der Waals surface area contributed by atoms with Gasteiger partial charge in [-0.25, -0.2) is 4.79 Å². The quantitative estimate of drug-likeness (QED) is 0.573. The second-order valence-corrected chi connectivity index (χ2v) is 10.6. The van der Waals surface area contributed by atoms with Crippen LogP contribution >= 0.6 is 11.6 Å². The highest BCUT2D eigenvalue weighted by Gasteiger charge is 2.36. The molecule has 1 aliphatic carbocycles. The van der Waals surface area contributed by atoms with Gasteiger partial charge < -0.3 is 29.0 Å². The third-order valence-electron chi connectivity index (χ3n) is 6.92. The van der Waals surface area contributed by atoms with Crippen LogP contribution in [0.2, 0.25) is 0 Å². The molecule has 2 atom stereocenters. The maximum Gasteiger partial charge on any atom is 0.410 e. The van der Waals surface area contributed by atoms with Crippen molar-refractivity contribution in [2.45, 2.75) is 44.2 Å². The summed E-state index contributed by atoms with van der Waals surface area (Å²) in [5.74, 6) is 0.668. The Morgan fingerprint density at radius 2 is 2.03 bits per heavy atom. The van der Waals surface area contributed by atoms with Gasteiger partial charge in [-0.3, -0.25) is 4.90 Å². The van der Waals surface area contributed by atoms with Crippen molar-refractivity contribution < 1.29 is 28.8 Å². The van der Waals surface area contributed by atoms with E-state index in [4.69, 9.17) is 30.5 Å². The van der Waals surface area contributed by atoms with E-state index in [-0.39, 0.29) is 43.6 Å². The van der Waals surface area contributed by atoms with Crippen molar-refractivity contribution in [2.75, 3.05) is 39.8 Å². The summed E-state index contributed by atoms with van der Waals surface area (Å²) >= 11 is 6.43. The van der Waals surface area contributed by atoms with E-state index in [1.54, 1.807) is 4.90 Å². The van der Waals surface area contributed by atoms with Crippen molar-refractivity contribution in [3.8, 4) is 5.75 Å². The van der Waals surface area contributed by atoms with Crippen LogP contribution in [0.15, 0.2) is 24.3 Å². The first-order chi connectivity index (χ1) is 17.4. The summed E-state index contributed by atoms with van der Waals surface area (Å²) < 4.78 is 22.3. The predicted octanol–water partition coefficient (Wildman–Crippen LogP) is 2.44. The molecule has 1 saturated heterocycles. The molecular weight excluding hydrogens is 484 g/mol. The van der Waals surface area contributed by atoms with Gasteiger partial charge in [0.05, 0.1) is 36.7 Å². The number of aromatic nitrogens is 1. The number of aliphatic hydroxyl groups excluding tert-OH is 1. The number of nitrogens with one attached hydrogen (secondary N) is 1. The highest BCUT2D eigenvalue weighted by atomic mass is 35.5. The zero-order chi connectivity index (χ0) is 25.3. The van der Waals surface area contributed by atoms with Gasteiger partial charge in [0.1, 0.15) is 25.2 Å². The number of fused-ring (bicyclic) bond motifs is 3. The number of hydrogen-bond acceptors (Lipinski definition) is 6. The lowest BCUT2D eigenvalue weighted by Gasteiger charge is -2.36. The fraction of sp³-hybridized carbons (Fsp3) is 0.519. The Morgan fingerprint density at radius 1 is 1.28 bits per heavy atom. The van der Waals surface area contributed by atoms with Crippen LogP contribution in [-0.4, -0.2) is 72.3 Å². The summed E-state index contributed by atoms with van der Waals surface area (Å²) in [5, 5.41) is 12.0. The lowest BCUT2D eigenvalue weighted by Crippen LogP contribution is -2.45. The Bertz CT molecular complexity index is 1200. The molecule has 3 aliphatic rings. The molecule has 3 heterocycles. The average Bonchev–Trinajstić information content (AvgIpc) is 3.25. The monoisotopic (exact) mass is 516 g/mol. The minimum Gasteiger partial charge on any atom is -0.493 e. The van der Waals surface area contributed by atoms with Crippen LogP contribution in [-0.2, 0) is 20.6 Å². The molecule has 1 amide bonds. The zero-order valence-electron chi connectivity index (χ0n) is 20.7. The summed E-state index contributed by atoms with van der Waals surface area (Å²) in [4.78, 5) is 18.5. The Kier molecular flexibility index (Phi) is 7.30. The first kappa shape index (κ1) is 25.1. The largest absolute Gasteiger partial charge is 0.493 e. The fourth-order valence-electron chi connectivity index (χ4n) is 5.08. The first-order valence-corrected chi connectivity index (χ1v) is 12.9. The number of H-pyrrole nitrogens is 1. The van der Waals surface area contributed by atoms with Gasteiger partial charge in [0, 0.05) is 22.8 Å². The molecule has 0 bridgehead atoms. The van der Waals surface area contributed by atoms with E-state index >= 15 is 0 Å². The Balaban J connectivity index is 1.44. The molecule has 0 saturated carbocycles. The second kappa shape index (κ2) is 10.5. The maximum absolute atomic E-state index is 13.1. The molecule has 1 unspecified atom stereocenters. The van der Waals surface area contributed by atoms with Gasteiger partial charge in [-0.2, -0.15) is 0 Å². The van der Waals surface area contributed by atoms with Gasteiger partial charge in [-0.05, 0) is 49.9 Å². The number of benzene rings is 1. The van der Waals surface area contributed by atoms with Crippen molar-refractivity contribution in [1.82, 2.24) is 9.88 Å². The highest BCUT2D eigenvalue weighted by molar-refractivity contribution is 6.24. The van der Waals surface area contributed by atoms with Gasteiger partial charge in [0.25, 0.3) is 0 Å². The van der Waals surface area contributed by atoms with E-state index in [1.807, 2.05) is 38.1 Å². The standard InChI is InChI=1S/C27H33ClN2O6/c1-17(2)36-26(32)30-10-9-21-22-11-19(28)5-8-23(22)29-24(21)25(30)18-3-6-20(7-4-18)35-15-27(12-31)13-33-16-34-14-27/h3-4,6-8,11,17,19,25,29,31H,5,9-10,12-16H2,1-2H3/t19?,25-/m0/s1. The molecule has 36 heavy (non-hydrogen) atoms. The third kappa shape index (κ3) is 5.00. The van der Waals surface area contributed by atoms with Crippen molar-refractivity contribution >= 4 is 29.8 Å².